The molecule has 0 fully saturated rings. The van der Waals surface area contributed by atoms with Crippen LogP contribution in [-0.4, -0.2) is 43.0 Å². The van der Waals surface area contributed by atoms with Gasteiger partial charge in [-0.3, -0.25) is 4.99 Å². The number of nitrogens with zero attached hydrogens (tertiary/aromatic N) is 2. The monoisotopic (exact) mass is 292 g/mol. The fourth-order valence-electron chi connectivity index (χ4n) is 1.63. The summed E-state index contributed by atoms with van der Waals surface area (Å²) in [7, 11) is 0. The molecule has 1 aromatic rings. The molecule has 0 aliphatic heterocycles. The van der Waals surface area contributed by atoms with Crippen LogP contribution < -0.4 is 4.74 Å². The van der Waals surface area contributed by atoms with E-state index in [-0.39, 0.29) is 6.09 Å². The lowest BCUT2D eigenvalue weighted by molar-refractivity contribution is 0.0237. The fourth-order valence-corrected chi connectivity index (χ4v) is 1.63. The summed E-state index contributed by atoms with van der Waals surface area (Å²) in [5.74, 6) is 0.739. The van der Waals surface area contributed by atoms with Crippen molar-refractivity contribution in [2.45, 2.75) is 33.3 Å². The number of benzene rings is 1. The van der Waals surface area contributed by atoms with E-state index >= 15 is 0 Å². The highest BCUT2D eigenvalue weighted by molar-refractivity contribution is 5.68. The maximum Gasteiger partial charge on any atom is 0.410 e. The van der Waals surface area contributed by atoms with E-state index in [1.165, 1.54) is 0 Å². The van der Waals surface area contributed by atoms with Crippen molar-refractivity contribution in [3.05, 3.63) is 24.3 Å². The largest absolute Gasteiger partial charge is 0.492 e. The van der Waals surface area contributed by atoms with E-state index in [4.69, 9.17) is 9.47 Å². The summed E-state index contributed by atoms with van der Waals surface area (Å²) in [6.07, 6.45) is -0.320. The van der Waals surface area contributed by atoms with Gasteiger partial charge < -0.3 is 14.4 Å². The molecule has 0 aliphatic rings. The molecule has 21 heavy (non-hydrogen) atoms. The lowest BCUT2D eigenvalue weighted by atomic mass is 10.2. The van der Waals surface area contributed by atoms with Gasteiger partial charge in [-0.15, -0.1) is 0 Å². The summed E-state index contributed by atoms with van der Waals surface area (Å²) < 4.78 is 10.9. The minimum atomic E-state index is -0.487. The molecule has 0 saturated carbocycles. The van der Waals surface area contributed by atoms with Crippen LogP contribution in [0.1, 0.15) is 27.7 Å². The van der Waals surface area contributed by atoms with Gasteiger partial charge in [-0.2, -0.15) is 0 Å². The summed E-state index contributed by atoms with van der Waals surface area (Å²) in [4.78, 5) is 17.4. The van der Waals surface area contributed by atoms with E-state index in [1.54, 1.807) is 4.90 Å². The summed E-state index contributed by atoms with van der Waals surface area (Å²) in [6, 6.07) is 7.31. The predicted octanol–water partition coefficient (Wildman–Crippen LogP) is 3.65. The molecule has 0 aliphatic carbocycles. The lowest BCUT2D eigenvalue weighted by Crippen LogP contribution is -2.38. The molecule has 0 unspecified atom stereocenters. The van der Waals surface area contributed by atoms with Crippen LogP contribution in [0, 0.1) is 0 Å². The minimum Gasteiger partial charge on any atom is -0.492 e. The summed E-state index contributed by atoms with van der Waals surface area (Å²) in [6.45, 7) is 12.4. The number of hydrogen-bond acceptors (Lipinski definition) is 4. The zero-order valence-corrected chi connectivity index (χ0v) is 13.3. The highest BCUT2D eigenvalue weighted by Crippen LogP contribution is 2.17. The van der Waals surface area contributed by atoms with Gasteiger partial charge in [0.15, 0.2) is 0 Å². The first kappa shape index (κ1) is 17.0. The second-order valence-electron chi connectivity index (χ2n) is 5.56. The predicted molar refractivity (Wildman–Crippen MR) is 84.6 cm³/mol. The first-order valence-corrected chi connectivity index (χ1v) is 7.03. The first-order valence-electron chi connectivity index (χ1n) is 7.03. The van der Waals surface area contributed by atoms with Gasteiger partial charge >= 0.3 is 6.09 Å². The second-order valence-corrected chi connectivity index (χ2v) is 5.56. The van der Waals surface area contributed by atoms with E-state index in [9.17, 15) is 4.79 Å². The first-order chi connectivity index (χ1) is 9.85. The van der Waals surface area contributed by atoms with Crippen molar-refractivity contribution in [3.63, 3.8) is 0 Å². The van der Waals surface area contributed by atoms with Crippen molar-refractivity contribution in [1.29, 1.82) is 0 Å². The molecule has 0 bridgehead atoms. The number of likely N-dealkylation sites (N-methyl/N-ethyl adjacent to an activating group) is 1. The van der Waals surface area contributed by atoms with Crippen LogP contribution in [0.2, 0.25) is 0 Å². The van der Waals surface area contributed by atoms with Gasteiger partial charge in [-0.05, 0) is 58.7 Å². The Labute approximate surface area is 126 Å². The summed E-state index contributed by atoms with van der Waals surface area (Å²) >= 11 is 0. The molecule has 0 spiro atoms. The van der Waals surface area contributed by atoms with Gasteiger partial charge in [0.25, 0.3) is 0 Å². The van der Waals surface area contributed by atoms with Crippen molar-refractivity contribution in [2.24, 2.45) is 4.99 Å². The van der Waals surface area contributed by atoms with Gasteiger partial charge in [0.05, 0.1) is 12.2 Å². The van der Waals surface area contributed by atoms with Gasteiger partial charge in [0.1, 0.15) is 18.0 Å². The van der Waals surface area contributed by atoms with Gasteiger partial charge in [-0.1, -0.05) is 0 Å². The quantitative estimate of drug-likeness (QED) is 0.752. The summed E-state index contributed by atoms with van der Waals surface area (Å²) in [5.41, 5.74) is 0.310. The Kier molecular flexibility index (Phi) is 6.21. The van der Waals surface area contributed by atoms with Crippen LogP contribution in [0.15, 0.2) is 29.3 Å². The highest BCUT2D eigenvalue weighted by Gasteiger charge is 2.20. The molecule has 5 heteroatoms. The van der Waals surface area contributed by atoms with E-state index in [2.05, 4.69) is 11.7 Å². The van der Waals surface area contributed by atoms with Gasteiger partial charge in [0.2, 0.25) is 0 Å². The molecule has 1 aromatic carbocycles. The molecule has 1 amide bonds. The summed E-state index contributed by atoms with van der Waals surface area (Å²) in [5, 5.41) is 0. The second kappa shape index (κ2) is 7.67. The third-order valence-corrected chi connectivity index (χ3v) is 2.68. The Morgan fingerprint density at radius 1 is 1.29 bits per heavy atom. The molecule has 0 heterocycles. The van der Waals surface area contributed by atoms with Crippen molar-refractivity contribution >= 4 is 18.5 Å². The molecule has 5 nitrogen and oxygen atoms in total. The normalized spacial score (nSPS) is 10.9. The molecule has 0 N–H and O–H groups in total. The molecular formula is C16H24N2O3. The van der Waals surface area contributed by atoms with Gasteiger partial charge in [0, 0.05) is 6.54 Å². The van der Waals surface area contributed by atoms with E-state index in [0.717, 1.165) is 11.4 Å². The highest BCUT2D eigenvalue weighted by atomic mass is 16.6. The zero-order chi connectivity index (χ0) is 15.9. The number of carbonyl (C=O) groups is 1. The number of carbonyl (C=O) groups excluding carboxylic acids is 1. The van der Waals surface area contributed by atoms with Crippen molar-refractivity contribution in [3.8, 4) is 5.75 Å². The fraction of sp³-hybridized carbons (Fsp3) is 0.500. The van der Waals surface area contributed by atoms with E-state index in [0.29, 0.717) is 19.7 Å². The molecule has 0 aromatic heterocycles. The Hall–Kier alpha value is -2.04. The molecule has 116 valence electrons. The Balaban J connectivity index is 2.44. The molecule has 0 atom stereocenters. The average molecular weight is 292 g/mol. The average Bonchev–Trinajstić information content (AvgIpc) is 2.42. The van der Waals surface area contributed by atoms with E-state index < -0.39 is 5.60 Å². The van der Waals surface area contributed by atoms with Crippen LogP contribution in [0.3, 0.4) is 0 Å². The maximum atomic E-state index is 11.9. The Morgan fingerprint density at radius 3 is 2.38 bits per heavy atom. The van der Waals surface area contributed by atoms with Crippen molar-refractivity contribution in [2.75, 3.05) is 19.7 Å². The van der Waals surface area contributed by atoms with Crippen LogP contribution >= 0.6 is 0 Å². The van der Waals surface area contributed by atoms with Crippen LogP contribution in [0.5, 0.6) is 5.75 Å². The Morgan fingerprint density at radius 2 is 1.90 bits per heavy atom. The number of ether oxygens (including phenoxy) is 2. The number of rotatable bonds is 6. The van der Waals surface area contributed by atoms with Gasteiger partial charge in [-0.25, -0.2) is 4.79 Å². The molecule has 0 saturated heterocycles. The lowest BCUT2D eigenvalue weighted by Gasteiger charge is -2.26. The van der Waals surface area contributed by atoms with Crippen LogP contribution in [-0.2, 0) is 4.74 Å². The third kappa shape index (κ3) is 6.29. The van der Waals surface area contributed by atoms with Crippen LogP contribution in [0.4, 0.5) is 10.5 Å². The molecule has 0 radical (unpaired) electrons. The zero-order valence-electron chi connectivity index (χ0n) is 13.3. The SMILES string of the molecule is C=Nc1ccc(OCCN(CC)C(=O)OC(C)(C)C)cc1. The molecule has 1 rings (SSSR count). The minimum absolute atomic E-state index is 0.320. The van der Waals surface area contributed by atoms with Crippen molar-refractivity contribution in [1.82, 2.24) is 4.90 Å². The smallest absolute Gasteiger partial charge is 0.410 e. The topological polar surface area (TPSA) is 51.1 Å². The van der Waals surface area contributed by atoms with E-state index in [1.807, 2.05) is 52.0 Å². The maximum absolute atomic E-state index is 11.9. The molecular weight excluding hydrogens is 268 g/mol. The standard InChI is InChI=1S/C16H24N2O3/c1-6-18(15(19)21-16(2,3)4)11-12-20-14-9-7-13(17-5)8-10-14/h7-10H,5-6,11-12H2,1-4H3. The number of aliphatic imine (C=N–C) groups is 1. The van der Waals surface area contributed by atoms with Crippen molar-refractivity contribution < 1.29 is 14.3 Å². The Bertz CT molecular complexity index is 463. The number of hydrogen-bond donors (Lipinski definition) is 0. The van der Waals surface area contributed by atoms with Crippen LogP contribution in [0.25, 0.3) is 0 Å². The number of amides is 1. The third-order valence-electron chi connectivity index (χ3n) is 2.68.